The molecular formula is C19H28N2O2S. The van der Waals surface area contributed by atoms with Crippen LogP contribution in [0.2, 0.25) is 0 Å². The summed E-state index contributed by atoms with van der Waals surface area (Å²) in [5, 5.41) is 0. The minimum absolute atomic E-state index is 0.193. The summed E-state index contributed by atoms with van der Waals surface area (Å²) >= 11 is 0. The lowest BCUT2D eigenvalue weighted by atomic mass is 9.92. The largest absolute Gasteiger partial charge is 0.299 e. The molecule has 3 rings (SSSR count). The lowest BCUT2D eigenvalue weighted by molar-refractivity contribution is 0.304. The number of unbranched alkanes of at least 4 members (excludes halogenated alkanes) is 1. The first-order valence-corrected chi connectivity index (χ1v) is 10.7. The molecule has 0 amide bonds. The SMILES string of the molecule is CCC/C=C/CN1CC2C(C1)C2(C)c1cccc(NS(C)(=O)=O)c1. The van der Waals surface area contributed by atoms with Crippen LogP contribution in [0.5, 0.6) is 0 Å². The molecule has 132 valence electrons. The van der Waals surface area contributed by atoms with Gasteiger partial charge in [-0.15, -0.1) is 0 Å². The van der Waals surface area contributed by atoms with Crippen molar-refractivity contribution in [3.05, 3.63) is 42.0 Å². The number of allylic oxidation sites excluding steroid dienone is 1. The maximum absolute atomic E-state index is 11.4. The van der Waals surface area contributed by atoms with E-state index in [9.17, 15) is 8.42 Å². The van der Waals surface area contributed by atoms with Gasteiger partial charge in [0.2, 0.25) is 10.0 Å². The van der Waals surface area contributed by atoms with Crippen molar-refractivity contribution >= 4 is 15.7 Å². The first-order chi connectivity index (χ1) is 11.3. The van der Waals surface area contributed by atoms with Crippen molar-refractivity contribution in [1.82, 2.24) is 4.90 Å². The molecule has 0 radical (unpaired) electrons. The normalized spacial score (nSPS) is 29.8. The zero-order valence-electron chi connectivity index (χ0n) is 14.8. The summed E-state index contributed by atoms with van der Waals surface area (Å²) in [7, 11) is -3.23. The van der Waals surface area contributed by atoms with Crippen LogP contribution in [0.4, 0.5) is 5.69 Å². The van der Waals surface area contributed by atoms with Crippen molar-refractivity contribution in [1.29, 1.82) is 0 Å². The average molecular weight is 349 g/mol. The monoisotopic (exact) mass is 348 g/mol. The van der Waals surface area contributed by atoms with Crippen LogP contribution in [0.3, 0.4) is 0 Å². The Morgan fingerprint density at radius 3 is 2.62 bits per heavy atom. The van der Waals surface area contributed by atoms with Crippen LogP contribution in [-0.4, -0.2) is 39.2 Å². The molecule has 2 unspecified atom stereocenters. The number of fused-ring (bicyclic) bond motifs is 1. The molecular weight excluding hydrogens is 320 g/mol. The molecule has 1 aliphatic heterocycles. The highest BCUT2D eigenvalue weighted by atomic mass is 32.2. The molecule has 2 fully saturated rings. The molecule has 4 nitrogen and oxygen atoms in total. The summed E-state index contributed by atoms with van der Waals surface area (Å²) in [5.41, 5.74) is 2.12. The maximum atomic E-state index is 11.4. The van der Waals surface area contributed by atoms with E-state index in [1.54, 1.807) is 0 Å². The molecule has 2 atom stereocenters. The lowest BCUT2D eigenvalue weighted by Crippen LogP contribution is -2.29. The van der Waals surface area contributed by atoms with Gasteiger partial charge in [0.25, 0.3) is 0 Å². The van der Waals surface area contributed by atoms with Crippen molar-refractivity contribution in [3.63, 3.8) is 0 Å². The standard InChI is InChI=1S/C19H28N2O2S/c1-4-5-6-7-11-21-13-17-18(14-21)19(17,2)15-9-8-10-16(12-15)20-24(3,22)23/h6-10,12,17-18,20H,4-5,11,13-14H2,1-3H3/b7-6+. The maximum Gasteiger partial charge on any atom is 0.229 e. The fourth-order valence-corrected chi connectivity index (χ4v) is 4.73. The van der Waals surface area contributed by atoms with E-state index in [0.717, 1.165) is 19.6 Å². The van der Waals surface area contributed by atoms with Crippen molar-refractivity contribution in [2.75, 3.05) is 30.6 Å². The number of benzene rings is 1. The molecule has 0 aromatic heterocycles. The van der Waals surface area contributed by atoms with Gasteiger partial charge in [0.05, 0.1) is 6.26 Å². The van der Waals surface area contributed by atoms with E-state index in [1.165, 1.54) is 24.7 Å². The average Bonchev–Trinajstić information content (AvgIpc) is 2.88. The van der Waals surface area contributed by atoms with E-state index in [0.29, 0.717) is 17.5 Å². The van der Waals surface area contributed by atoms with Gasteiger partial charge in [-0.1, -0.05) is 44.6 Å². The highest BCUT2D eigenvalue weighted by Gasteiger charge is 2.65. The van der Waals surface area contributed by atoms with Gasteiger partial charge in [-0.3, -0.25) is 9.62 Å². The van der Waals surface area contributed by atoms with Crippen LogP contribution in [0.15, 0.2) is 36.4 Å². The van der Waals surface area contributed by atoms with E-state index >= 15 is 0 Å². The number of hydrogen-bond acceptors (Lipinski definition) is 3. The highest BCUT2D eigenvalue weighted by Crippen LogP contribution is 2.63. The smallest absolute Gasteiger partial charge is 0.229 e. The van der Waals surface area contributed by atoms with E-state index in [4.69, 9.17) is 0 Å². The van der Waals surface area contributed by atoms with Crippen molar-refractivity contribution in [2.24, 2.45) is 11.8 Å². The fourth-order valence-electron chi connectivity index (χ4n) is 4.18. The minimum atomic E-state index is -3.23. The lowest BCUT2D eigenvalue weighted by Gasteiger charge is -2.23. The topological polar surface area (TPSA) is 49.4 Å². The molecule has 1 aromatic rings. The van der Waals surface area contributed by atoms with Crippen molar-refractivity contribution < 1.29 is 8.42 Å². The number of hydrogen-bond donors (Lipinski definition) is 1. The number of nitrogens with zero attached hydrogens (tertiary/aromatic N) is 1. The van der Waals surface area contributed by atoms with Gasteiger partial charge in [0.15, 0.2) is 0 Å². The summed E-state index contributed by atoms with van der Waals surface area (Å²) in [4.78, 5) is 2.53. The van der Waals surface area contributed by atoms with Crippen molar-refractivity contribution in [2.45, 2.75) is 32.1 Å². The Morgan fingerprint density at radius 1 is 1.29 bits per heavy atom. The summed E-state index contributed by atoms with van der Waals surface area (Å²) in [6.45, 7) is 7.86. The summed E-state index contributed by atoms with van der Waals surface area (Å²) < 4.78 is 25.5. The predicted octanol–water partition coefficient (Wildman–Crippen LogP) is 3.23. The number of likely N-dealkylation sites (tertiary alicyclic amines) is 1. The Hall–Kier alpha value is -1.33. The van der Waals surface area contributed by atoms with Gasteiger partial charge in [-0.2, -0.15) is 0 Å². The Bertz CT molecular complexity index is 715. The van der Waals surface area contributed by atoms with Crippen LogP contribution in [-0.2, 0) is 15.4 Å². The molecule has 1 saturated carbocycles. The molecule has 0 spiro atoms. The third-order valence-electron chi connectivity index (χ3n) is 5.60. The third-order valence-corrected chi connectivity index (χ3v) is 6.21. The molecule has 1 saturated heterocycles. The molecule has 1 aromatic carbocycles. The molecule has 1 aliphatic carbocycles. The molecule has 1 heterocycles. The van der Waals surface area contributed by atoms with Crippen LogP contribution in [0.1, 0.15) is 32.3 Å². The van der Waals surface area contributed by atoms with Crippen LogP contribution >= 0.6 is 0 Å². The van der Waals surface area contributed by atoms with Crippen molar-refractivity contribution in [3.8, 4) is 0 Å². The zero-order chi connectivity index (χ0) is 17.4. The minimum Gasteiger partial charge on any atom is -0.299 e. The highest BCUT2D eigenvalue weighted by molar-refractivity contribution is 7.92. The Morgan fingerprint density at radius 2 is 2.00 bits per heavy atom. The van der Waals surface area contributed by atoms with E-state index in [2.05, 4.69) is 41.7 Å². The zero-order valence-corrected chi connectivity index (χ0v) is 15.6. The molecule has 5 heteroatoms. The van der Waals surface area contributed by atoms with Gasteiger partial charge < -0.3 is 0 Å². The molecule has 0 bridgehead atoms. The van der Waals surface area contributed by atoms with Gasteiger partial charge in [0, 0.05) is 30.7 Å². The molecule has 24 heavy (non-hydrogen) atoms. The van der Waals surface area contributed by atoms with Gasteiger partial charge in [-0.05, 0) is 36.0 Å². The number of piperidine rings is 1. The van der Waals surface area contributed by atoms with Gasteiger partial charge in [0.1, 0.15) is 0 Å². The first-order valence-electron chi connectivity index (χ1n) is 8.80. The van der Waals surface area contributed by atoms with E-state index in [1.807, 2.05) is 18.2 Å². The number of rotatable bonds is 7. The number of sulfonamides is 1. The summed E-state index contributed by atoms with van der Waals surface area (Å²) in [6.07, 6.45) is 8.14. The Balaban J connectivity index is 1.63. The van der Waals surface area contributed by atoms with Gasteiger partial charge >= 0.3 is 0 Å². The first kappa shape index (κ1) is 17.5. The molecule has 1 N–H and O–H groups in total. The van der Waals surface area contributed by atoms with Crippen LogP contribution in [0.25, 0.3) is 0 Å². The van der Waals surface area contributed by atoms with E-state index in [-0.39, 0.29) is 5.41 Å². The van der Waals surface area contributed by atoms with E-state index < -0.39 is 10.0 Å². The molecule has 2 aliphatic rings. The summed E-state index contributed by atoms with van der Waals surface area (Å²) in [6, 6.07) is 7.91. The Kier molecular flexibility index (Phi) is 4.76. The number of nitrogens with one attached hydrogen (secondary N) is 1. The van der Waals surface area contributed by atoms with Crippen LogP contribution < -0.4 is 4.72 Å². The second-order valence-electron chi connectivity index (χ2n) is 7.43. The second-order valence-corrected chi connectivity index (χ2v) is 9.18. The van der Waals surface area contributed by atoms with Crippen LogP contribution in [0, 0.1) is 11.8 Å². The third kappa shape index (κ3) is 3.52. The quantitative estimate of drug-likeness (QED) is 0.770. The predicted molar refractivity (Wildman–Crippen MR) is 99.7 cm³/mol. The van der Waals surface area contributed by atoms with Gasteiger partial charge in [-0.25, -0.2) is 8.42 Å². The fraction of sp³-hybridized carbons (Fsp3) is 0.579. The summed E-state index contributed by atoms with van der Waals surface area (Å²) in [5.74, 6) is 1.37. The second kappa shape index (κ2) is 6.52. The Labute approximate surface area is 146 Å². The number of anilines is 1.